The number of fused-ring (bicyclic) bond motifs is 16. The van der Waals surface area contributed by atoms with Crippen molar-refractivity contribution in [1.82, 2.24) is 0 Å². The van der Waals surface area contributed by atoms with E-state index in [2.05, 4.69) is 232 Å². The largest absolute Gasteiger partial charge is 0.741 e. The van der Waals surface area contributed by atoms with Crippen LogP contribution in [0.5, 0.6) is 0 Å². The Morgan fingerprint density at radius 1 is 0.378 bits per heavy atom. The zero-order valence-corrected chi connectivity index (χ0v) is 44.4. The summed E-state index contributed by atoms with van der Waals surface area (Å²) in [5, 5.41) is 13.9. The van der Waals surface area contributed by atoms with Gasteiger partial charge in [0, 0.05) is 19.5 Å². The molecule has 2 heterocycles. The van der Waals surface area contributed by atoms with E-state index in [-0.39, 0.29) is 35.3 Å². The zero-order chi connectivity index (χ0) is 50.1. The molecular weight excluding hydrogens is 1070 g/mol. The fourth-order valence-corrected chi connectivity index (χ4v) is 15.7. The molecule has 3 nitrogen and oxygen atoms in total. The van der Waals surface area contributed by atoms with E-state index in [1.54, 1.807) is 0 Å². The Balaban J connectivity index is 0.000000131. The summed E-state index contributed by atoms with van der Waals surface area (Å²) in [6.07, 6.45) is 15.1. The van der Waals surface area contributed by atoms with Gasteiger partial charge in [-0.25, -0.2) is 8.42 Å². The summed E-state index contributed by atoms with van der Waals surface area (Å²) < 4.78 is 58.9. The minimum atomic E-state index is -6.09. The molecule has 14 rings (SSSR count). The molecule has 4 aliphatic rings. The Labute approximate surface area is 447 Å². The standard InChI is InChI=1S/2C28H21P.C7H8.CHF3O3S.Rh/c2*1-2-10-24(11-3-1)29-18-22-16-14-20-8-4-6-12-25(20)27(22)28-23(19-29)17-15-21-9-5-7-13-26(21)28;1-2-7-4-3-6(1)5-7;2-1(3,4)8(5,6)7;/h2*1-17H,18-19H2;1-4,6-7H,5H2;(H,5,6,7);/p-1. The van der Waals surface area contributed by atoms with Gasteiger partial charge in [0.1, 0.15) is 0 Å². The second-order valence-corrected chi connectivity index (χ2v) is 24.7. The molecule has 0 aromatic heterocycles. The van der Waals surface area contributed by atoms with E-state index >= 15 is 0 Å². The first-order chi connectivity index (χ1) is 35.5. The summed E-state index contributed by atoms with van der Waals surface area (Å²) in [5.74, 6) is 1.62. The average molecular weight is 1120 g/mol. The number of alkyl halides is 3. The monoisotopic (exact) mass is 1120 g/mol. The smallest absolute Gasteiger partial charge is 0.485 e. The number of benzene rings is 10. The van der Waals surface area contributed by atoms with E-state index in [4.69, 9.17) is 13.0 Å². The third-order valence-corrected chi connectivity index (χ3v) is 19.8. The van der Waals surface area contributed by atoms with E-state index < -0.39 is 15.6 Å². The van der Waals surface area contributed by atoms with Crippen LogP contribution in [0.2, 0.25) is 0 Å². The molecule has 0 unspecified atom stereocenters. The van der Waals surface area contributed by atoms with Crippen molar-refractivity contribution in [3.63, 3.8) is 0 Å². The third kappa shape index (κ3) is 10.9. The normalized spacial score (nSPS) is 16.9. The molecule has 2 aliphatic carbocycles. The van der Waals surface area contributed by atoms with Crippen LogP contribution in [0.3, 0.4) is 0 Å². The quantitative estimate of drug-likeness (QED) is 0.0750. The van der Waals surface area contributed by atoms with E-state index in [0.29, 0.717) is 0 Å². The molecule has 5 radical (unpaired) electrons. The van der Waals surface area contributed by atoms with E-state index in [0.717, 1.165) is 36.5 Å². The molecule has 0 atom stereocenters. The minimum absolute atomic E-state index is 0. The van der Waals surface area contributed by atoms with Crippen LogP contribution in [0.25, 0.3) is 65.3 Å². The molecule has 74 heavy (non-hydrogen) atoms. The van der Waals surface area contributed by atoms with Crippen LogP contribution in [0, 0.1) is 37.5 Å². The Bertz CT molecular complexity index is 3330. The van der Waals surface area contributed by atoms with Crippen molar-refractivity contribution < 1.29 is 45.6 Å². The first kappa shape index (κ1) is 51.9. The van der Waals surface area contributed by atoms with E-state index in [9.17, 15) is 13.2 Å². The van der Waals surface area contributed by atoms with Gasteiger partial charge in [0.05, 0.1) is 0 Å². The molecular formula is C64H50F3O3P2RhS-. The number of halogens is 3. The Morgan fingerprint density at radius 3 is 0.851 bits per heavy atom. The maximum Gasteiger partial charge on any atom is 0.485 e. The summed E-state index contributed by atoms with van der Waals surface area (Å²) in [6, 6.07) is 76.5. The number of hydrogen-bond acceptors (Lipinski definition) is 3. The summed E-state index contributed by atoms with van der Waals surface area (Å²) in [7, 11) is -6.65. The van der Waals surface area contributed by atoms with Crippen molar-refractivity contribution in [1.29, 1.82) is 0 Å². The molecule has 371 valence electrons. The van der Waals surface area contributed by atoms with Crippen molar-refractivity contribution in [2.24, 2.45) is 11.8 Å². The maximum atomic E-state index is 10.7. The Hall–Kier alpha value is -5.58. The molecule has 2 saturated carbocycles. The summed E-state index contributed by atoms with van der Waals surface area (Å²) in [4.78, 5) is 0. The summed E-state index contributed by atoms with van der Waals surface area (Å²) in [6.45, 7) is 0. The summed E-state index contributed by atoms with van der Waals surface area (Å²) in [5.41, 5.74) is 6.15. The predicted molar refractivity (Wildman–Crippen MR) is 299 cm³/mol. The average Bonchev–Trinajstić information content (AvgIpc) is 3.99. The number of hydrogen-bond donors (Lipinski definition) is 0. The van der Waals surface area contributed by atoms with Gasteiger partial charge >= 0.3 is 5.51 Å². The fourth-order valence-electron chi connectivity index (χ4n) is 10.9. The van der Waals surface area contributed by atoms with Gasteiger partial charge in [0.2, 0.25) is 0 Å². The van der Waals surface area contributed by atoms with Crippen LogP contribution in [0.4, 0.5) is 13.2 Å². The number of rotatable bonds is 2. The van der Waals surface area contributed by atoms with E-state index in [1.807, 2.05) is 0 Å². The van der Waals surface area contributed by atoms with Crippen molar-refractivity contribution >= 4 is 79.7 Å². The maximum absolute atomic E-state index is 10.7. The summed E-state index contributed by atoms with van der Waals surface area (Å²) >= 11 is 0. The molecule has 0 saturated heterocycles. The van der Waals surface area contributed by atoms with Crippen LogP contribution in [0.15, 0.2) is 206 Å². The van der Waals surface area contributed by atoms with Gasteiger partial charge in [0.25, 0.3) is 0 Å². The van der Waals surface area contributed by atoms with Gasteiger partial charge in [-0.3, -0.25) is 0 Å². The van der Waals surface area contributed by atoms with Crippen LogP contribution in [-0.2, 0) is 54.2 Å². The SMILES string of the molecule is O=S(=O)([O-])C(F)(F)F.[CH]1[CH]C2[CH][CH]C1C2.[Rh].c1ccc(P2Cc3ccc4ccccc4c3-c3c(ccc4ccccc34)C2)cc1.c1ccc(P2Cc3ccc4ccccc4c3-c3c(ccc4ccccc34)C2)cc1. The molecule has 0 spiro atoms. The van der Waals surface area contributed by atoms with Gasteiger partial charge in [0.15, 0.2) is 10.1 Å². The molecule has 2 aliphatic heterocycles. The van der Waals surface area contributed by atoms with Crippen molar-refractivity contribution in [2.75, 3.05) is 0 Å². The first-order valence-corrected chi connectivity index (χ1v) is 29.3. The molecule has 10 aromatic rings. The first-order valence-electron chi connectivity index (χ1n) is 24.5. The Morgan fingerprint density at radius 2 is 0.622 bits per heavy atom. The fraction of sp³-hybridized carbons (Fsp3) is 0.125. The van der Waals surface area contributed by atoms with Gasteiger partial charge in [-0.1, -0.05) is 222 Å². The second-order valence-electron chi connectivity index (χ2n) is 18.9. The van der Waals surface area contributed by atoms with Crippen LogP contribution in [0.1, 0.15) is 28.7 Å². The molecule has 10 aromatic carbocycles. The predicted octanol–water partition coefficient (Wildman–Crippen LogP) is 16.5. The third-order valence-electron chi connectivity index (χ3n) is 14.3. The van der Waals surface area contributed by atoms with Crippen molar-refractivity contribution in [3.05, 3.63) is 254 Å². The topological polar surface area (TPSA) is 57.2 Å². The molecule has 0 N–H and O–H groups in total. The zero-order valence-electron chi connectivity index (χ0n) is 40.1. The van der Waals surface area contributed by atoms with Crippen LogP contribution >= 0.6 is 15.8 Å². The van der Waals surface area contributed by atoms with Gasteiger partial charge in [-0.2, -0.15) is 13.2 Å². The second kappa shape index (κ2) is 22.3. The van der Waals surface area contributed by atoms with Gasteiger partial charge in [-0.15, -0.1) is 0 Å². The van der Waals surface area contributed by atoms with Crippen LogP contribution in [-0.4, -0.2) is 18.5 Å². The van der Waals surface area contributed by atoms with E-state index in [1.165, 1.54) is 105 Å². The molecule has 2 fully saturated rings. The molecule has 2 bridgehead atoms. The van der Waals surface area contributed by atoms with Gasteiger partial charge in [-0.05, 0) is 167 Å². The molecule has 10 heteroatoms. The van der Waals surface area contributed by atoms with Crippen LogP contribution < -0.4 is 10.6 Å². The van der Waals surface area contributed by atoms with Crippen molar-refractivity contribution in [2.45, 2.75) is 36.6 Å². The van der Waals surface area contributed by atoms with Gasteiger partial charge < -0.3 is 4.55 Å². The van der Waals surface area contributed by atoms with Crippen molar-refractivity contribution in [3.8, 4) is 22.3 Å². The Kier molecular flexibility index (Phi) is 15.7. The molecule has 0 amide bonds. The minimum Gasteiger partial charge on any atom is -0.741 e.